The fraction of sp³-hybridized carbons (Fsp3) is 0.207. The third-order valence-corrected chi connectivity index (χ3v) is 7.56. The molecule has 0 aliphatic carbocycles. The predicted octanol–water partition coefficient (Wildman–Crippen LogP) is 6.94. The molecule has 8 heteroatoms. The molecule has 0 amide bonds. The molecule has 188 valence electrons. The van der Waals surface area contributed by atoms with Gasteiger partial charge in [-0.05, 0) is 61.0 Å². The highest BCUT2D eigenvalue weighted by molar-refractivity contribution is 6.42. The Hall–Kier alpha value is -3.45. The molecule has 0 fully saturated rings. The average Bonchev–Trinajstić information content (AvgIpc) is 3.43. The molecular formula is C29H24Cl2N2O4. The Labute approximate surface area is 224 Å². The summed E-state index contributed by atoms with van der Waals surface area (Å²) in [5.74, 6) is 2.20. The first-order valence-corrected chi connectivity index (χ1v) is 12.8. The number of hydrogen-bond acceptors (Lipinski definition) is 5. The molecule has 0 unspecified atom stereocenters. The number of carbonyl (C=O) groups is 1. The minimum atomic E-state index is -0.139. The number of methoxy groups -OCH3 is 1. The number of allylic oxidation sites excluding steroid dienone is 1. The summed E-state index contributed by atoms with van der Waals surface area (Å²) >= 11 is 12.3. The van der Waals surface area contributed by atoms with Gasteiger partial charge in [0.25, 0.3) is 0 Å². The first kappa shape index (κ1) is 23.9. The number of carbonyl (C=O) groups excluding carboxylic acids is 1. The van der Waals surface area contributed by atoms with E-state index in [1.807, 2.05) is 48.7 Å². The van der Waals surface area contributed by atoms with Crippen molar-refractivity contribution in [3.05, 3.63) is 92.8 Å². The van der Waals surface area contributed by atoms with Crippen LogP contribution >= 0.6 is 23.2 Å². The van der Waals surface area contributed by atoms with Crippen molar-refractivity contribution in [1.82, 2.24) is 9.47 Å². The molecule has 4 aromatic rings. The summed E-state index contributed by atoms with van der Waals surface area (Å²) in [5, 5.41) is 2.04. The van der Waals surface area contributed by atoms with E-state index in [4.69, 9.17) is 37.4 Å². The fourth-order valence-electron chi connectivity index (χ4n) is 4.95. The summed E-state index contributed by atoms with van der Waals surface area (Å²) in [6.45, 7) is 4.51. The topological polar surface area (TPSA) is 52.9 Å². The molecule has 2 aliphatic rings. The van der Waals surface area contributed by atoms with Crippen LogP contribution in [-0.2, 0) is 19.6 Å². The SMILES string of the molecule is CCn1cc(/C=C2\Oc3c(ccc4c3CN(Cc3ccc(Cl)c(Cl)c3)CO4)C2=O)c2cc(OC)ccc21. The van der Waals surface area contributed by atoms with Gasteiger partial charge in [0.1, 0.15) is 24.0 Å². The summed E-state index contributed by atoms with van der Waals surface area (Å²) in [6, 6.07) is 15.2. The van der Waals surface area contributed by atoms with Gasteiger partial charge in [-0.25, -0.2) is 0 Å². The number of aromatic nitrogens is 1. The predicted molar refractivity (Wildman–Crippen MR) is 145 cm³/mol. The van der Waals surface area contributed by atoms with E-state index in [9.17, 15) is 4.79 Å². The maximum Gasteiger partial charge on any atom is 0.231 e. The average molecular weight is 535 g/mol. The molecule has 0 bridgehead atoms. The van der Waals surface area contributed by atoms with Crippen LogP contribution in [0.25, 0.3) is 17.0 Å². The monoisotopic (exact) mass is 534 g/mol. The number of hydrogen-bond donors (Lipinski definition) is 0. The molecule has 37 heavy (non-hydrogen) atoms. The highest BCUT2D eigenvalue weighted by Crippen LogP contribution is 2.42. The molecule has 3 heterocycles. The van der Waals surface area contributed by atoms with Crippen LogP contribution in [0.3, 0.4) is 0 Å². The van der Waals surface area contributed by atoms with E-state index in [1.165, 1.54) is 0 Å². The molecule has 0 saturated heterocycles. The molecule has 0 radical (unpaired) electrons. The Balaban J connectivity index is 1.32. The van der Waals surface area contributed by atoms with Gasteiger partial charge in [0, 0.05) is 42.3 Å². The molecule has 0 N–H and O–H groups in total. The third kappa shape index (κ3) is 4.25. The van der Waals surface area contributed by atoms with Gasteiger partial charge in [0.05, 0.1) is 28.3 Å². The number of rotatable bonds is 5. The van der Waals surface area contributed by atoms with Gasteiger partial charge >= 0.3 is 0 Å². The second-order valence-corrected chi connectivity index (χ2v) is 9.94. The van der Waals surface area contributed by atoms with E-state index >= 15 is 0 Å². The summed E-state index contributed by atoms with van der Waals surface area (Å²) in [4.78, 5) is 15.5. The maximum absolute atomic E-state index is 13.4. The first-order chi connectivity index (χ1) is 17.9. The van der Waals surface area contributed by atoms with E-state index in [2.05, 4.69) is 16.4 Å². The van der Waals surface area contributed by atoms with E-state index in [1.54, 1.807) is 19.2 Å². The number of Topliss-reactive ketones (excluding diaryl/α,β-unsaturated/α-hetero) is 1. The molecule has 2 aliphatic heterocycles. The molecule has 6 rings (SSSR count). The lowest BCUT2D eigenvalue weighted by molar-refractivity contribution is 0.0873. The number of fused-ring (bicyclic) bond motifs is 4. The second kappa shape index (κ2) is 9.45. The molecule has 0 saturated carbocycles. The van der Waals surface area contributed by atoms with Crippen LogP contribution in [0.2, 0.25) is 10.0 Å². The quantitative estimate of drug-likeness (QED) is 0.259. The van der Waals surface area contributed by atoms with Crippen molar-refractivity contribution in [3.8, 4) is 17.2 Å². The normalized spacial score (nSPS) is 16.0. The van der Waals surface area contributed by atoms with Gasteiger partial charge in [-0.15, -0.1) is 0 Å². The molecule has 6 nitrogen and oxygen atoms in total. The van der Waals surface area contributed by atoms with E-state index in [0.29, 0.717) is 46.9 Å². The zero-order chi connectivity index (χ0) is 25.7. The van der Waals surface area contributed by atoms with E-state index < -0.39 is 0 Å². The maximum atomic E-state index is 13.4. The van der Waals surface area contributed by atoms with Crippen molar-refractivity contribution in [2.24, 2.45) is 0 Å². The number of halogens is 2. The zero-order valence-corrected chi connectivity index (χ0v) is 21.9. The van der Waals surface area contributed by atoms with Gasteiger partial charge < -0.3 is 18.8 Å². The lowest BCUT2D eigenvalue weighted by Crippen LogP contribution is -2.31. The van der Waals surface area contributed by atoms with Crippen LogP contribution in [0.1, 0.15) is 34.0 Å². The number of aryl methyl sites for hydroxylation is 1. The van der Waals surface area contributed by atoms with Crippen molar-refractivity contribution < 1.29 is 19.0 Å². The number of ketones is 1. The molecule has 0 spiro atoms. The number of benzene rings is 3. The number of nitrogens with zero attached hydrogens (tertiary/aromatic N) is 2. The summed E-state index contributed by atoms with van der Waals surface area (Å²) in [5.41, 5.74) is 4.40. The van der Waals surface area contributed by atoms with Crippen LogP contribution in [-0.4, -0.2) is 29.1 Å². The van der Waals surface area contributed by atoms with Crippen LogP contribution in [0, 0.1) is 0 Å². The highest BCUT2D eigenvalue weighted by atomic mass is 35.5. The lowest BCUT2D eigenvalue weighted by atomic mass is 10.0. The lowest BCUT2D eigenvalue weighted by Gasteiger charge is -2.29. The first-order valence-electron chi connectivity index (χ1n) is 12.0. The Bertz CT molecular complexity index is 1590. The van der Waals surface area contributed by atoms with Crippen LogP contribution in [0.4, 0.5) is 0 Å². The van der Waals surface area contributed by atoms with Gasteiger partial charge in [-0.2, -0.15) is 0 Å². The summed E-state index contributed by atoms with van der Waals surface area (Å²) in [6.07, 6.45) is 3.86. The third-order valence-electron chi connectivity index (χ3n) is 6.82. The van der Waals surface area contributed by atoms with E-state index in [0.717, 1.165) is 45.6 Å². The minimum Gasteiger partial charge on any atom is -0.497 e. The highest BCUT2D eigenvalue weighted by Gasteiger charge is 2.34. The second-order valence-electron chi connectivity index (χ2n) is 9.12. The Morgan fingerprint density at radius 3 is 2.73 bits per heavy atom. The van der Waals surface area contributed by atoms with Crippen molar-refractivity contribution >= 4 is 46.0 Å². The van der Waals surface area contributed by atoms with Crippen LogP contribution in [0.5, 0.6) is 17.2 Å². The van der Waals surface area contributed by atoms with E-state index in [-0.39, 0.29) is 5.78 Å². The Kier molecular flexibility index (Phi) is 6.11. The Morgan fingerprint density at radius 1 is 1.08 bits per heavy atom. The fourth-order valence-corrected chi connectivity index (χ4v) is 5.27. The van der Waals surface area contributed by atoms with Gasteiger partial charge in [0.2, 0.25) is 5.78 Å². The van der Waals surface area contributed by atoms with Gasteiger partial charge in [-0.3, -0.25) is 9.69 Å². The van der Waals surface area contributed by atoms with Crippen molar-refractivity contribution in [3.63, 3.8) is 0 Å². The molecule has 1 aromatic heterocycles. The van der Waals surface area contributed by atoms with Crippen molar-refractivity contribution in [2.45, 2.75) is 26.6 Å². The van der Waals surface area contributed by atoms with Crippen molar-refractivity contribution in [1.29, 1.82) is 0 Å². The largest absolute Gasteiger partial charge is 0.497 e. The number of ether oxygens (including phenoxy) is 3. The zero-order valence-electron chi connectivity index (χ0n) is 20.4. The van der Waals surface area contributed by atoms with Crippen LogP contribution in [0.15, 0.2) is 60.5 Å². The van der Waals surface area contributed by atoms with Gasteiger partial charge in [0.15, 0.2) is 5.76 Å². The smallest absolute Gasteiger partial charge is 0.231 e. The molecular weight excluding hydrogens is 511 g/mol. The van der Waals surface area contributed by atoms with Crippen LogP contribution < -0.4 is 14.2 Å². The van der Waals surface area contributed by atoms with Crippen molar-refractivity contribution in [2.75, 3.05) is 13.8 Å². The minimum absolute atomic E-state index is 0.139. The Morgan fingerprint density at radius 2 is 1.95 bits per heavy atom. The molecule has 3 aromatic carbocycles. The summed E-state index contributed by atoms with van der Waals surface area (Å²) in [7, 11) is 1.65. The summed E-state index contributed by atoms with van der Waals surface area (Å²) < 4.78 is 19.8. The standard InChI is InChI=1S/C29H24Cl2N2O4/c1-3-33-14-18(21-12-19(35-2)5-8-25(21)33)11-27-28(34)20-6-9-26-22(29(20)37-27)15-32(16-36-26)13-17-4-7-23(30)24(31)10-17/h4-12,14H,3,13,15-16H2,1-2H3/b27-11-. The molecule has 0 atom stereocenters. The van der Waals surface area contributed by atoms with Gasteiger partial charge in [-0.1, -0.05) is 29.3 Å².